The highest BCUT2D eigenvalue weighted by molar-refractivity contribution is 6.32. The van der Waals surface area contributed by atoms with Crippen molar-refractivity contribution in [3.05, 3.63) is 21.6 Å². The van der Waals surface area contributed by atoms with Gasteiger partial charge in [0.15, 0.2) is 0 Å². The van der Waals surface area contributed by atoms with Crippen LogP contribution in [0.5, 0.6) is 0 Å². The van der Waals surface area contributed by atoms with Gasteiger partial charge in [-0.2, -0.15) is 5.10 Å². The van der Waals surface area contributed by atoms with Gasteiger partial charge < -0.3 is 15.4 Å². The zero-order chi connectivity index (χ0) is 12.7. The predicted molar refractivity (Wildman–Crippen MR) is 63.2 cm³/mol. The first-order valence-corrected chi connectivity index (χ1v) is 5.25. The first kappa shape index (κ1) is 13.5. The number of carbonyl (C=O) groups excluding carboxylic acids is 1. The molecule has 0 saturated heterocycles. The van der Waals surface area contributed by atoms with E-state index < -0.39 is 5.56 Å². The predicted octanol–water partition coefficient (Wildman–Crippen LogP) is -0.402. The molecule has 8 heteroatoms. The van der Waals surface area contributed by atoms with Crippen molar-refractivity contribution in [1.82, 2.24) is 15.5 Å². The highest BCUT2D eigenvalue weighted by Gasteiger charge is 2.06. The smallest absolute Gasteiger partial charge is 0.285 e. The minimum absolute atomic E-state index is 0.00850. The molecule has 0 aliphatic heterocycles. The van der Waals surface area contributed by atoms with E-state index in [1.54, 1.807) is 7.11 Å². The second-order valence-corrected chi connectivity index (χ2v) is 3.50. The Kier molecular flexibility index (Phi) is 5.44. The molecule has 0 fully saturated rings. The van der Waals surface area contributed by atoms with Gasteiger partial charge in [0.05, 0.1) is 25.0 Å². The van der Waals surface area contributed by atoms with E-state index in [2.05, 4.69) is 20.8 Å². The van der Waals surface area contributed by atoms with Crippen LogP contribution in [0, 0.1) is 0 Å². The van der Waals surface area contributed by atoms with Crippen LogP contribution in [0.25, 0.3) is 0 Å². The summed E-state index contributed by atoms with van der Waals surface area (Å²) >= 11 is 5.71. The fourth-order valence-electron chi connectivity index (χ4n) is 1.04. The van der Waals surface area contributed by atoms with E-state index in [4.69, 9.17) is 16.3 Å². The van der Waals surface area contributed by atoms with Crippen LogP contribution in [0.4, 0.5) is 5.69 Å². The maximum absolute atomic E-state index is 11.3. The molecule has 0 radical (unpaired) electrons. The van der Waals surface area contributed by atoms with E-state index in [9.17, 15) is 9.59 Å². The van der Waals surface area contributed by atoms with Crippen molar-refractivity contribution in [2.24, 2.45) is 0 Å². The van der Waals surface area contributed by atoms with E-state index in [0.29, 0.717) is 18.8 Å². The summed E-state index contributed by atoms with van der Waals surface area (Å²) in [5, 5.41) is 11.0. The van der Waals surface area contributed by atoms with Gasteiger partial charge in [0.25, 0.3) is 5.56 Å². The van der Waals surface area contributed by atoms with Crippen LogP contribution in [0.1, 0.15) is 0 Å². The van der Waals surface area contributed by atoms with Crippen LogP contribution in [0.15, 0.2) is 11.0 Å². The summed E-state index contributed by atoms with van der Waals surface area (Å²) in [6.07, 6.45) is 1.34. The fraction of sp³-hybridized carbons (Fsp3) is 0.444. The Labute approximate surface area is 103 Å². The lowest BCUT2D eigenvalue weighted by Gasteiger charge is -2.07. The minimum Gasteiger partial charge on any atom is -0.383 e. The van der Waals surface area contributed by atoms with Crippen LogP contribution >= 0.6 is 11.6 Å². The third-order valence-corrected chi connectivity index (χ3v) is 2.24. The molecule has 1 heterocycles. The SMILES string of the molecule is COCCNC(=O)CNc1cn[nH]c(=O)c1Cl. The molecule has 0 unspecified atom stereocenters. The largest absolute Gasteiger partial charge is 0.383 e. The van der Waals surface area contributed by atoms with Gasteiger partial charge in [0, 0.05) is 13.7 Å². The molecular formula is C9H13ClN4O3. The van der Waals surface area contributed by atoms with E-state index in [1.165, 1.54) is 6.20 Å². The van der Waals surface area contributed by atoms with Crippen molar-refractivity contribution < 1.29 is 9.53 Å². The summed E-state index contributed by atoms with van der Waals surface area (Å²) in [4.78, 5) is 22.4. The van der Waals surface area contributed by atoms with Crippen LogP contribution in [-0.2, 0) is 9.53 Å². The van der Waals surface area contributed by atoms with Gasteiger partial charge in [-0.1, -0.05) is 11.6 Å². The monoisotopic (exact) mass is 260 g/mol. The quantitative estimate of drug-likeness (QED) is 0.605. The lowest BCUT2D eigenvalue weighted by molar-refractivity contribution is -0.119. The molecule has 0 spiro atoms. The van der Waals surface area contributed by atoms with Crippen LogP contribution < -0.4 is 16.2 Å². The number of rotatable bonds is 6. The number of hydrogen-bond acceptors (Lipinski definition) is 5. The van der Waals surface area contributed by atoms with Crippen molar-refractivity contribution in [3.8, 4) is 0 Å². The van der Waals surface area contributed by atoms with Gasteiger partial charge in [-0.3, -0.25) is 9.59 Å². The number of methoxy groups -OCH3 is 1. The molecule has 1 amide bonds. The molecule has 1 aromatic rings. The maximum Gasteiger partial charge on any atom is 0.285 e. The number of nitrogens with one attached hydrogen (secondary N) is 3. The molecule has 1 rings (SSSR count). The first-order chi connectivity index (χ1) is 8.15. The Balaban J connectivity index is 2.42. The second-order valence-electron chi connectivity index (χ2n) is 3.12. The summed E-state index contributed by atoms with van der Waals surface area (Å²) in [5.41, 5.74) is -0.186. The Morgan fingerprint density at radius 2 is 2.41 bits per heavy atom. The van der Waals surface area contributed by atoms with Crippen molar-refractivity contribution in [1.29, 1.82) is 0 Å². The zero-order valence-electron chi connectivity index (χ0n) is 9.25. The molecule has 0 bridgehead atoms. The number of hydrogen-bond donors (Lipinski definition) is 3. The lowest BCUT2D eigenvalue weighted by Crippen LogP contribution is -2.32. The van der Waals surface area contributed by atoms with E-state index in [0.717, 1.165) is 0 Å². The molecule has 1 aromatic heterocycles. The van der Waals surface area contributed by atoms with Crippen LogP contribution in [0.3, 0.4) is 0 Å². The average Bonchev–Trinajstić information content (AvgIpc) is 2.31. The van der Waals surface area contributed by atoms with Crippen LogP contribution in [-0.4, -0.2) is 42.9 Å². The fourth-order valence-corrected chi connectivity index (χ4v) is 1.20. The molecule has 0 saturated carbocycles. The molecule has 17 heavy (non-hydrogen) atoms. The average molecular weight is 261 g/mol. The van der Waals surface area contributed by atoms with Gasteiger partial charge in [-0.25, -0.2) is 5.10 Å². The highest BCUT2D eigenvalue weighted by atomic mass is 35.5. The molecule has 94 valence electrons. The number of anilines is 1. The maximum atomic E-state index is 11.3. The van der Waals surface area contributed by atoms with Gasteiger partial charge in [-0.15, -0.1) is 0 Å². The summed E-state index contributed by atoms with van der Waals surface area (Å²) < 4.78 is 4.78. The van der Waals surface area contributed by atoms with E-state index in [1.807, 2.05) is 0 Å². The molecule has 0 aromatic carbocycles. The number of halogens is 1. The second kappa shape index (κ2) is 6.87. The first-order valence-electron chi connectivity index (χ1n) is 4.88. The number of carbonyl (C=O) groups is 1. The third kappa shape index (κ3) is 4.41. The van der Waals surface area contributed by atoms with E-state index in [-0.39, 0.29) is 17.5 Å². The topological polar surface area (TPSA) is 96.1 Å². The van der Waals surface area contributed by atoms with Crippen LogP contribution in [0.2, 0.25) is 5.02 Å². The van der Waals surface area contributed by atoms with Gasteiger partial charge >= 0.3 is 0 Å². The molecule has 7 nitrogen and oxygen atoms in total. The number of aromatic amines is 1. The summed E-state index contributed by atoms with van der Waals surface area (Å²) in [5.74, 6) is -0.224. The van der Waals surface area contributed by atoms with E-state index >= 15 is 0 Å². The van der Waals surface area contributed by atoms with Crippen molar-refractivity contribution in [3.63, 3.8) is 0 Å². The minimum atomic E-state index is -0.503. The standard InChI is InChI=1S/C9H13ClN4O3/c1-17-3-2-11-7(15)5-12-6-4-13-14-9(16)8(6)10/h4H,2-3,5H2,1H3,(H,11,15)(H2,12,14,16). The Morgan fingerprint density at radius 3 is 3.12 bits per heavy atom. The van der Waals surface area contributed by atoms with Crippen molar-refractivity contribution in [2.75, 3.05) is 32.1 Å². The molecule has 3 N–H and O–H groups in total. The molecule has 0 atom stereocenters. The number of amides is 1. The number of nitrogens with zero attached hydrogens (tertiary/aromatic N) is 1. The zero-order valence-corrected chi connectivity index (χ0v) is 10.0. The molecule has 0 aliphatic carbocycles. The number of aromatic nitrogens is 2. The number of ether oxygens (including phenoxy) is 1. The van der Waals surface area contributed by atoms with Gasteiger partial charge in [0.1, 0.15) is 5.02 Å². The van der Waals surface area contributed by atoms with Crippen molar-refractivity contribution in [2.45, 2.75) is 0 Å². The molecular weight excluding hydrogens is 248 g/mol. The number of H-pyrrole nitrogens is 1. The third-order valence-electron chi connectivity index (χ3n) is 1.86. The normalized spacial score (nSPS) is 10.0. The summed E-state index contributed by atoms with van der Waals surface area (Å²) in [6.45, 7) is 0.881. The molecule has 0 aliphatic rings. The highest BCUT2D eigenvalue weighted by Crippen LogP contribution is 2.13. The Bertz CT molecular complexity index is 434. The van der Waals surface area contributed by atoms with Gasteiger partial charge in [-0.05, 0) is 0 Å². The summed E-state index contributed by atoms with van der Waals surface area (Å²) in [7, 11) is 1.55. The Morgan fingerprint density at radius 1 is 1.65 bits per heavy atom. The Hall–Kier alpha value is -1.60. The van der Waals surface area contributed by atoms with Gasteiger partial charge in [0.2, 0.25) is 5.91 Å². The van der Waals surface area contributed by atoms with Crippen molar-refractivity contribution >= 4 is 23.2 Å². The lowest BCUT2D eigenvalue weighted by atomic mass is 10.4. The summed E-state index contributed by atoms with van der Waals surface area (Å²) in [6, 6.07) is 0.